The van der Waals surface area contributed by atoms with Crippen LogP contribution < -0.4 is 15.3 Å². The van der Waals surface area contributed by atoms with Crippen LogP contribution in [0.1, 0.15) is 15.9 Å². The number of hydrogen-bond acceptors (Lipinski definition) is 5. The second kappa shape index (κ2) is 6.42. The molecule has 0 unspecified atom stereocenters. The van der Waals surface area contributed by atoms with Gasteiger partial charge in [0.15, 0.2) is 0 Å². The first-order valence-corrected chi connectivity index (χ1v) is 6.07. The molecule has 6 heteroatoms. The van der Waals surface area contributed by atoms with Crippen molar-refractivity contribution in [3.63, 3.8) is 0 Å². The van der Waals surface area contributed by atoms with Gasteiger partial charge >= 0.3 is 5.97 Å². The predicted octanol–water partition coefficient (Wildman–Crippen LogP) is 1.91. The molecule has 0 saturated heterocycles. The maximum atomic E-state index is 11.5. The Morgan fingerprint density at radius 1 is 1.29 bits per heavy atom. The quantitative estimate of drug-likeness (QED) is 0.646. The van der Waals surface area contributed by atoms with Crippen LogP contribution in [-0.4, -0.2) is 24.4 Å². The van der Waals surface area contributed by atoms with E-state index in [0.29, 0.717) is 11.3 Å². The molecule has 0 aliphatic rings. The molecule has 0 fully saturated rings. The van der Waals surface area contributed by atoms with E-state index in [1.165, 1.54) is 31.5 Å². The average Bonchev–Trinajstić information content (AvgIpc) is 2.48. The van der Waals surface area contributed by atoms with Gasteiger partial charge in [0.25, 0.3) is 0 Å². The van der Waals surface area contributed by atoms with Crippen LogP contribution in [0.25, 0.3) is 0 Å². The number of ether oxygens (including phenoxy) is 1. The van der Waals surface area contributed by atoms with Gasteiger partial charge in [-0.15, -0.1) is 0 Å². The van der Waals surface area contributed by atoms with Gasteiger partial charge in [0.05, 0.1) is 24.6 Å². The Balaban J connectivity index is 2.01. The third-order valence-corrected chi connectivity index (χ3v) is 2.73. The molecule has 21 heavy (non-hydrogen) atoms. The van der Waals surface area contributed by atoms with E-state index < -0.39 is 5.97 Å². The molecule has 2 aromatic rings. The number of carboxylic acids is 1. The Hall–Kier alpha value is -3.02. The normalized spacial score (nSPS) is 10.5. The summed E-state index contributed by atoms with van der Waals surface area (Å²) in [6.45, 7) is 0. The molecule has 0 aliphatic carbocycles. The molecular weight excluding hydrogens is 272 g/mol. The first-order chi connectivity index (χ1) is 10.1. The van der Waals surface area contributed by atoms with Crippen LogP contribution in [0.15, 0.2) is 47.6 Å². The van der Waals surface area contributed by atoms with E-state index in [1.807, 2.05) is 0 Å². The summed E-state index contributed by atoms with van der Waals surface area (Å²) in [5.74, 6) is -0.914. The van der Waals surface area contributed by atoms with E-state index in [2.05, 4.69) is 10.5 Å². The predicted molar refractivity (Wildman–Crippen MR) is 77.1 cm³/mol. The van der Waals surface area contributed by atoms with Crippen molar-refractivity contribution in [2.75, 3.05) is 12.5 Å². The van der Waals surface area contributed by atoms with Gasteiger partial charge in [-0.05, 0) is 42.0 Å². The van der Waals surface area contributed by atoms with Gasteiger partial charge in [0.1, 0.15) is 5.75 Å². The molecule has 0 aromatic heterocycles. The van der Waals surface area contributed by atoms with Crippen LogP contribution in [0, 0.1) is 0 Å². The van der Waals surface area contributed by atoms with Gasteiger partial charge in [-0.3, -0.25) is 5.43 Å². The maximum absolute atomic E-state index is 11.5. The minimum atomic E-state index is -0.980. The lowest BCUT2D eigenvalue weighted by Gasteiger charge is -2.12. The molecule has 2 aromatic carbocycles. The standard InChI is InChI=1S/C15H14N2O4/c1-21-14-7-2-10(8-13(14)18)9-16-17-12-5-3-11(4-6-12)15(19)20/h2-9,17-18H,1H3,(H,19,20)/p-1/b16-9-. The Kier molecular flexibility index (Phi) is 4.40. The van der Waals surface area contributed by atoms with Crippen LogP contribution in [-0.2, 0) is 0 Å². The molecule has 0 spiro atoms. The zero-order chi connectivity index (χ0) is 15.2. The van der Waals surface area contributed by atoms with E-state index >= 15 is 0 Å². The fourth-order valence-corrected chi connectivity index (χ4v) is 1.64. The number of anilines is 1. The van der Waals surface area contributed by atoms with E-state index in [1.54, 1.807) is 24.3 Å². The molecule has 2 N–H and O–H groups in total. The molecule has 0 aliphatic heterocycles. The van der Waals surface area contributed by atoms with Crippen molar-refractivity contribution in [1.29, 1.82) is 0 Å². The smallest absolute Gasteiger partial charge is 0.335 e. The highest BCUT2D eigenvalue weighted by Gasteiger charge is 2.00. The number of carboxylic acid groups (broad SMARTS) is 1. The van der Waals surface area contributed by atoms with Crippen LogP contribution in [0.4, 0.5) is 5.69 Å². The third-order valence-electron chi connectivity index (χ3n) is 2.73. The second-order valence-corrected chi connectivity index (χ2v) is 4.16. The van der Waals surface area contributed by atoms with Crippen molar-refractivity contribution in [3.8, 4) is 11.5 Å². The van der Waals surface area contributed by atoms with E-state index in [0.717, 1.165) is 0 Å². The summed E-state index contributed by atoms with van der Waals surface area (Å²) in [4.78, 5) is 10.7. The number of hydrazone groups is 1. The number of aromatic carboxylic acids is 1. The first kappa shape index (κ1) is 14.4. The number of carbonyl (C=O) groups is 1. The highest BCUT2D eigenvalue weighted by atomic mass is 16.5. The summed E-state index contributed by atoms with van der Waals surface area (Å²) in [5, 5.41) is 24.3. The molecule has 108 valence electrons. The highest BCUT2D eigenvalue weighted by Crippen LogP contribution is 2.22. The Labute approximate surface area is 121 Å². The van der Waals surface area contributed by atoms with Crippen molar-refractivity contribution in [3.05, 3.63) is 53.6 Å². The summed E-state index contributed by atoms with van der Waals surface area (Å²) in [6.07, 6.45) is 1.49. The fourth-order valence-electron chi connectivity index (χ4n) is 1.64. The van der Waals surface area contributed by atoms with Crippen molar-refractivity contribution in [2.24, 2.45) is 5.10 Å². The van der Waals surface area contributed by atoms with Crippen molar-refractivity contribution >= 4 is 17.9 Å². The number of benzene rings is 2. The summed E-state index contributed by atoms with van der Waals surface area (Å²) in [5.41, 5.74) is 4.24. The lowest BCUT2D eigenvalue weighted by molar-refractivity contribution is -0.270. The largest absolute Gasteiger partial charge is 0.870 e. The molecule has 0 saturated carbocycles. The van der Waals surface area contributed by atoms with Gasteiger partial charge in [-0.1, -0.05) is 11.8 Å². The van der Waals surface area contributed by atoms with Gasteiger partial charge in [0.2, 0.25) is 0 Å². The zero-order valence-electron chi connectivity index (χ0n) is 11.2. The Morgan fingerprint density at radius 2 is 2.00 bits per heavy atom. The van der Waals surface area contributed by atoms with Gasteiger partial charge in [-0.25, -0.2) is 4.79 Å². The van der Waals surface area contributed by atoms with E-state index in [4.69, 9.17) is 9.84 Å². The SMILES string of the molecule is COc1ccc(/C=N\Nc2ccc(C(=O)O)cc2)cc1[O-]. The van der Waals surface area contributed by atoms with Crippen LogP contribution in [0.2, 0.25) is 0 Å². The minimum absolute atomic E-state index is 0.204. The monoisotopic (exact) mass is 285 g/mol. The molecule has 0 heterocycles. The van der Waals surface area contributed by atoms with Crippen LogP contribution >= 0.6 is 0 Å². The van der Waals surface area contributed by atoms with Crippen molar-refractivity contribution in [2.45, 2.75) is 0 Å². The van der Waals surface area contributed by atoms with Crippen LogP contribution in [0.5, 0.6) is 11.5 Å². The van der Waals surface area contributed by atoms with Gasteiger partial charge in [-0.2, -0.15) is 5.10 Å². The van der Waals surface area contributed by atoms with Crippen LogP contribution in [0.3, 0.4) is 0 Å². The molecule has 6 nitrogen and oxygen atoms in total. The highest BCUT2D eigenvalue weighted by molar-refractivity contribution is 5.88. The summed E-state index contributed by atoms with van der Waals surface area (Å²) in [6, 6.07) is 10.9. The number of hydrogen-bond donors (Lipinski definition) is 2. The molecule has 0 amide bonds. The average molecular weight is 285 g/mol. The lowest BCUT2D eigenvalue weighted by atomic mass is 10.2. The number of rotatable bonds is 5. The molecule has 0 atom stereocenters. The molecule has 0 radical (unpaired) electrons. The van der Waals surface area contributed by atoms with Crippen molar-refractivity contribution in [1.82, 2.24) is 0 Å². The Morgan fingerprint density at radius 3 is 2.57 bits per heavy atom. The first-order valence-electron chi connectivity index (χ1n) is 6.07. The number of nitrogens with zero attached hydrogens (tertiary/aromatic N) is 1. The van der Waals surface area contributed by atoms with E-state index in [9.17, 15) is 9.90 Å². The van der Waals surface area contributed by atoms with Gasteiger partial charge in [0, 0.05) is 0 Å². The van der Waals surface area contributed by atoms with Crippen molar-refractivity contribution < 1.29 is 19.7 Å². The minimum Gasteiger partial charge on any atom is -0.870 e. The third kappa shape index (κ3) is 3.73. The van der Waals surface area contributed by atoms with Gasteiger partial charge < -0.3 is 14.9 Å². The number of nitrogens with one attached hydrogen (secondary N) is 1. The fraction of sp³-hybridized carbons (Fsp3) is 0.0667. The topological polar surface area (TPSA) is 94.0 Å². The summed E-state index contributed by atoms with van der Waals surface area (Å²) < 4.78 is 4.88. The molecular formula is C15H13N2O4-. The van der Waals surface area contributed by atoms with E-state index in [-0.39, 0.29) is 17.1 Å². The number of methoxy groups -OCH3 is 1. The summed E-state index contributed by atoms with van der Waals surface area (Å²) >= 11 is 0. The summed E-state index contributed by atoms with van der Waals surface area (Å²) in [7, 11) is 1.44. The molecule has 0 bridgehead atoms. The second-order valence-electron chi connectivity index (χ2n) is 4.16. The lowest BCUT2D eigenvalue weighted by Crippen LogP contribution is -1.98. The molecule has 2 rings (SSSR count). The maximum Gasteiger partial charge on any atom is 0.335 e. The Bertz CT molecular complexity index is 666. The zero-order valence-corrected chi connectivity index (χ0v) is 11.2.